The Morgan fingerprint density at radius 3 is 2.14 bits per heavy atom. The van der Waals surface area contributed by atoms with Crippen LogP contribution in [-0.2, 0) is 52.6 Å². The minimum atomic E-state index is -5.13. The van der Waals surface area contributed by atoms with Crippen molar-refractivity contribution >= 4 is 103 Å². The quantitative estimate of drug-likeness (QED) is 0.102. The summed E-state index contributed by atoms with van der Waals surface area (Å²) in [7, 11) is -14.0. The summed E-state index contributed by atoms with van der Waals surface area (Å²) in [5.41, 5.74) is 3.49. The van der Waals surface area contributed by atoms with Gasteiger partial charge in [-0.25, -0.2) is 39.0 Å². The van der Waals surface area contributed by atoms with E-state index in [1.165, 1.54) is 42.5 Å². The maximum Gasteiger partial charge on any atom is 0.408 e. The summed E-state index contributed by atoms with van der Waals surface area (Å²) >= 11 is 9.91. The molecule has 28 heteroatoms. The van der Waals surface area contributed by atoms with E-state index in [4.69, 9.17) is 17.3 Å². The number of carbonyl (C=O) groups excluding carboxylic acids is 2. The van der Waals surface area contributed by atoms with E-state index in [9.17, 15) is 61.6 Å². The monoisotopic (exact) mass is 1110 g/mol. The molecular formula is C41H38BrClF5N9O9S3. The van der Waals surface area contributed by atoms with E-state index in [1.54, 1.807) is 0 Å². The molecule has 4 aromatic carbocycles. The predicted octanol–water partition coefficient (Wildman–Crippen LogP) is 5.01. The van der Waals surface area contributed by atoms with Gasteiger partial charge in [0, 0.05) is 35.7 Å². The van der Waals surface area contributed by atoms with Crippen LogP contribution in [0.5, 0.6) is 0 Å². The van der Waals surface area contributed by atoms with Crippen molar-refractivity contribution in [3.8, 4) is 5.69 Å². The molecule has 0 aliphatic carbocycles. The number of nitrogens with zero attached hydrogens (tertiary/aromatic N) is 7. The topological polar surface area (TPSA) is 237 Å². The van der Waals surface area contributed by atoms with Gasteiger partial charge in [-0.15, -0.1) is 3.71 Å². The molecule has 1 saturated heterocycles. The second kappa shape index (κ2) is 19.2. The molecule has 0 radical (unpaired) electrons. The number of alkyl halides is 3. The summed E-state index contributed by atoms with van der Waals surface area (Å²) in [5, 5.41) is 5.16. The molecule has 0 unspecified atom stereocenters. The van der Waals surface area contributed by atoms with Crippen molar-refractivity contribution in [1.82, 2.24) is 33.9 Å². The summed E-state index contributed by atoms with van der Waals surface area (Å²) in [6.07, 6.45) is -5.72. The van der Waals surface area contributed by atoms with Crippen molar-refractivity contribution in [3.63, 3.8) is 0 Å². The first kappa shape index (κ1) is 51.1. The summed E-state index contributed by atoms with van der Waals surface area (Å²) in [6.45, 7) is -1.79. The van der Waals surface area contributed by atoms with Gasteiger partial charge in [0.2, 0.25) is 41.9 Å². The average molecular weight is 1110 g/mol. The number of amides is 2. The molecule has 7 rings (SSSR count). The maximum absolute atomic E-state index is 15.0. The zero-order valence-electron chi connectivity index (χ0n) is 35.9. The van der Waals surface area contributed by atoms with E-state index in [2.05, 4.69) is 31.3 Å². The lowest BCUT2D eigenvalue weighted by molar-refractivity contribution is -0.141. The van der Waals surface area contributed by atoms with Crippen molar-refractivity contribution in [1.29, 1.82) is 0 Å². The zero-order valence-corrected chi connectivity index (χ0v) is 40.7. The Morgan fingerprint density at radius 2 is 1.55 bits per heavy atom. The van der Waals surface area contributed by atoms with E-state index in [0.29, 0.717) is 16.2 Å². The predicted molar refractivity (Wildman–Crippen MR) is 248 cm³/mol. The van der Waals surface area contributed by atoms with Crippen LogP contribution in [-0.4, -0.2) is 109 Å². The van der Waals surface area contributed by atoms with Gasteiger partial charge in [0.1, 0.15) is 24.0 Å². The summed E-state index contributed by atoms with van der Waals surface area (Å²) < 4.78 is 156. The number of benzene rings is 4. The molecule has 69 heavy (non-hydrogen) atoms. The zero-order chi connectivity index (χ0) is 50.5. The summed E-state index contributed by atoms with van der Waals surface area (Å²) in [6, 6.07) is 12.1. The van der Waals surface area contributed by atoms with Gasteiger partial charge < -0.3 is 16.0 Å². The molecule has 0 bridgehead atoms. The number of aromatic nitrogens is 4. The van der Waals surface area contributed by atoms with Crippen LogP contribution in [0.2, 0.25) is 5.02 Å². The van der Waals surface area contributed by atoms with E-state index in [-0.39, 0.29) is 42.8 Å². The Bertz CT molecular complexity index is 3400. The first-order valence-electron chi connectivity index (χ1n) is 20.4. The SMILES string of the molecule is CCS(=O)(=O)N(c1nn(CC(F)(F)F)c2c(-n3c([C@H](Cc4cc(F)cc(F)c4)NC(=O)CN4CCN(S(=O)(=O)c5ccc(N)cc5)CC4=O)nc4cc(Br)ccc4c3=O)ccc(Cl)c12)S(=O)(=O)CC. The van der Waals surface area contributed by atoms with E-state index in [1.807, 2.05) is 0 Å². The average Bonchev–Trinajstić information content (AvgIpc) is 3.61. The standard InChI is InChI=1S/C41H38BrClF5N9O9S3/c1-3-67(61,62)57(68(63,64)4-2)39-36-30(43)11-12-33(37(36)55(52-39)22-41(46,47)48)56-38(51-31-18-24(42)5-10-29(31)40(56)60)32(17-23-15-25(44)19-26(45)16-23)50-34(58)20-53-13-14-54(21-35(53)59)69(65,66)28-8-6-27(49)7-9-28/h5-12,15-16,18-19,32H,3-4,13-14,17,20-22,49H2,1-2H3,(H,50,58)/t32-/m0/s1. The number of nitrogen functional groups attached to an aromatic ring is 1. The lowest BCUT2D eigenvalue weighted by Crippen LogP contribution is -2.54. The number of nitrogens with one attached hydrogen (secondary N) is 1. The number of hydrogen-bond donors (Lipinski definition) is 2. The Labute approximate surface area is 403 Å². The number of carbonyl (C=O) groups is 2. The largest absolute Gasteiger partial charge is 0.408 e. The summed E-state index contributed by atoms with van der Waals surface area (Å²) in [4.78, 5) is 48.1. The Hall–Kier alpha value is -5.74. The number of fused-ring (bicyclic) bond motifs is 2. The van der Waals surface area contributed by atoms with Gasteiger partial charge in [-0.05, 0) is 86.1 Å². The van der Waals surface area contributed by atoms with Gasteiger partial charge in [-0.1, -0.05) is 27.5 Å². The number of hydrogen-bond acceptors (Lipinski definition) is 12. The fourth-order valence-corrected chi connectivity index (χ4v) is 12.8. The molecule has 0 spiro atoms. The molecule has 3 N–H and O–H groups in total. The molecule has 18 nitrogen and oxygen atoms in total. The molecule has 2 aromatic heterocycles. The van der Waals surface area contributed by atoms with Crippen LogP contribution in [0.3, 0.4) is 0 Å². The number of anilines is 2. The normalized spacial score (nSPS) is 14.7. The third-order valence-electron chi connectivity index (χ3n) is 10.8. The van der Waals surface area contributed by atoms with Crippen LogP contribution in [0.15, 0.2) is 87.0 Å². The van der Waals surface area contributed by atoms with Crippen LogP contribution in [0.25, 0.3) is 27.5 Å². The second-order valence-corrected chi connectivity index (χ2v) is 23.2. The molecule has 2 amide bonds. The number of rotatable bonds is 15. The maximum atomic E-state index is 15.0. The van der Waals surface area contributed by atoms with Crippen LogP contribution in [0.1, 0.15) is 31.3 Å². The van der Waals surface area contributed by atoms with E-state index in [0.717, 1.165) is 51.9 Å². The number of piperazine rings is 1. The van der Waals surface area contributed by atoms with Crippen molar-refractivity contribution in [2.24, 2.45) is 0 Å². The second-order valence-electron chi connectivity index (χ2n) is 15.5. The molecule has 368 valence electrons. The molecule has 1 aliphatic rings. The van der Waals surface area contributed by atoms with Gasteiger partial charge in [-0.3, -0.25) is 23.6 Å². The molecule has 6 aromatic rings. The molecular weight excluding hydrogens is 1070 g/mol. The van der Waals surface area contributed by atoms with Gasteiger partial charge in [-0.2, -0.15) is 22.6 Å². The van der Waals surface area contributed by atoms with Crippen LogP contribution in [0.4, 0.5) is 33.5 Å². The van der Waals surface area contributed by atoms with Gasteiger partial charge in [0.25, 0.3) is 5.56 Å². The van der Waals surface area contributed by atoms with Crippen LogP contribution < -0.4 is 20.3 Å². The Kier molecular flexibility index (Phi) is 14.2. The van der Waals surface area contributed by atoms with Gasteiger partial charge in [0.05, 0.1) is 68.0 Å². The first-order chi connectivity index (χ1) is 32.2. The van der Waals surface area contributed by atoms with E-state index < -0.39 is 142 Å². The lowest BCUT2D eigenvalue weighted by atomic mass is 10.0. The Balaban J connectivity index is 1.42. The molecule has 0 saturated carbocycles. The highest BCUT2D eigenvalue weighted by molar-refractivity contribution is 9.10. The third-order valence-corrected chi connectivity index (χ3v) is 17.6. The minimum Gasteiger partial charge on any atom is -0.399 e. The number of halogens is 7. The van der Waals surface area contributed by atoms with Crippen molar-refractivity contribution in [2.45, 2.75) is 43.9 Å². The molecule has 3 heterocycles. The van der Waals surface area contributed by atoms with Crippen molar-refractivity contribution in [3.05, 3.63) is 116 Å². The highest BCUT2D eigenvalue weighted by Gasteiger charge is 2.40. The fourth-order valence-electron chi connectivity index (χ4n) is 7.58. The highest BCUT2D eigenvalue weighted by Crippen LogP contribution is 2.40. The van der Waals surface area contributed by atoms with E-state index >= 15 is 0 Å². The Morgan fingerprint density at radius 1 is 0.913 bits per heavy atom. The summed E-state index contributed by atoms with van der Waals surface area (Å²) in [5.74, 6) is -7.18. The fraction of sp³-hybridized carbons (Fsp3) is 0.293. The highest BCUT2D eigenvalue weighted by atomic mass is 79.9. The van der Waals surface area contributed by atoms with Gasteiger partial charge in [0.15, 0.2) is 5.82 Å². The first-order valence-corrected chi connectivity index (χ1v) is 26.2. The molecule has 1 fully saturated rings. The van der Waals surface area contributed by atoms with Crippen LogP contribution in [0, 0.1) is 11.6 Å². The molecule has 1 atom stereocenters. The van der Waals surface area contributed by atoms with Gasteiger partial charge >= 0.3 is 6.18 Å². The number of nitrogens with two attached hydrogens (primary N) is 1. The smallest absolute Gasteiger partial charge is 0.399 e. The van der Waals surface area contributed by atoms with Crippen molar-refractivity contribution in [2.75, 3.05) is 47.1 Å². The molecule has 1 aliphatic heterocycles. The van der Waals surface area contributed by atoms with Crippen molar-refractivity contribution < 1.29 is 56.8 Å². The lowest BCUT2D eigenvalue weighted by Gasteiger charge is -2.33. The number of sulfonamides is 3. The van der Waals surface area contributed by atoms with Crippen LogP contribution >= 0.6 is 27.5 Å². The minimum absolute atomic E-state index is 0.0668. The third kappa shape index (κ3) is 10.6.